The van der Waals surface area contributed by atoms with Crippen molar-refractivity contribution < 1.29 is 9.53 Å². The molecule has 0 spiro atoms. The first-order chi connectivity index (χ1) is 8.29. The van der Waals surface area contributed by atoms with Gasteiger partial charge < -0.3 is 10.1 Å². The number of hydrogen-bond donors (Lipinski definition) is 1. The summed E-state index contributed by atoms with van der Waals surface area (Å²) in [5.41, 5.74) is 1.21. The summed E-state index contributed by atoms with van der Waals surface area (Å²) < 4.78 is 7.17. The molecule has 2 rings (SSSR count). The molecule has 1 N–H and O–H groups in total. The molecule has 0 radical (unpaired) electrons. The van der Waals surface area contributed by atoms with Crippen molar-refractivity contribution in [1.82, 2.24) is 15.1 Å². The zero-order valence-corrected chi connectivity index (χ0v) is 10.3. The van der Waals surface area contributed by atoms with E-state index in [1.807, 2.05) is 17.1 Å². The molecule has 1 aliphatic rings. The normalized spacial score (nSPS) is 19.5. The van der Waals surface area contributed by atoms with E-state index in [9.17, 15) is 4.79 Å². The highest BCUT2D eigenvalue weighted by Gasteiger charge is 2.18. The molecule has 94 valence electrons. The van der Waals surface area contributed by atoms with E-state index in [1.54, 1.807) is 0 Å². The quantitative estimate of drug-likeness (QED) is 0.792. The van der Waals surface area contributed by atoms with Crippen molar-refractivity contribution in [3.05, 3.63) is 18.0 Å². The number of carbonyl (C=O) groups excluding carboxylic acids is 1. The number of rotatable bonds is 5. The number of carbonyl (C=O) groups is 1. The first kappa shape index (κ1) is 12.4. The Hall–Kier alpha value is -1.07. The van der Waals surface area contributed by atoms with Crippen molar-refractivity contribution in [2.45, 2.75) is 18.9 Å². The summed E-state index contributed by atoms with van der Waals surface area (Å²) in [5.74, 6) is 0.327. The molecular formula is C11H16ClN3O2. The molecule has 6 heteroatoms. The van der Waals surface area contributed by atoms with Gasteiger partial charge in [-0.05, 0) is 12.0 Å². The Balaban J connectivity index is 1.79. The molecule has 2 heterocycles. The standard InChI is InChI=1S/C11H16ClN3O2/c12-5-11(16)13-2-3-15-7-10(6-14-15)9-1-4-17-8-9/h6-7,9H,1-5,8H2,(H,13,16). The molecule has 1 unspecified atom stereocenters. The van der Waals surface area contributed by atoms with Gasteiger partial charge in [0.05, 0.1) is 19.3 Å². The zero-order chi connectivity index (χ0) is 12.1. The average Bonchev–Trinajstić information content (AvgIpc) is 2.98. The molecule has 1 amide bonds. The molecular weight excluding hydrogens is 242 g/mol. The minimum absolute atomic E-state index is 0.00374. The maximum Gasteiger partial charge on any atom is 0.234 e. The number of alkyl halides is 1. The van der Waals surface area contributed by atoms with Gasteiger partial charge in [-0.3, -0.25) is 9.48 Å². The fourth-order valence-electron chi connectivity index (χ4n) is 1.87. The fourth-order valence-corrected chi connectivity index (χ4v) is 1.96. The third-order valence-corrected chi connectivity index (χ3v) is 3.08. The molecule has 1 aromatic rings. The van der Waals surface area contributed by atoms with Gasteiger partial charge in [0, 0.05) is 25.3 Å². The van der Waals surface area contributed by atoms with E-state index in [2.05, 4.69) is 10.4 Å². The Kier molecular flexibility index (Phi) is 4.39. The number of amides is 1. The Bertz CT molecular complexity index is 375. The molecule has 1 atom stereocenters. The highest BCUT2D eigenvalue weighted by Crippen LogP contribution is 2.24. The predicted molar refractivity (Wildman–Crippen MR) is 64.1 cm³/mol. The number of nitrogens with zero attached hydrogens (tertiary/aromatic N) is 2. The number of aromatic nitrogens is 2. The second kappa shape index (κ2) is 6.02. The van der Waals surface area contributed by atoms with Crippen LogP contribution >= 0.6 is 11.6 Å². The second-order valence-electron chi connectivity index (χ2n) is 4.08. The smallest absolute Gasteiger partial charge is 0.234 e. The van der Waals surface area contributed by atoms with Gasteiger partial charge in [0.2, 0.25) is 5.91 Å². The number of halogens is 1. The second-order valence-corrected chi connectivity index (χ2v) is 4.35. The van der Waals surface area contributed by atoms with Gasteiger partial charge in [0.1, 0.15) is 5.88 Å². The molecule has 0 aliphatic carbocycles. The summed E-state index contributed by atoms with van der Waals surface area (Å²) in [6, 6.07) is 0. The maximum absolute atomic E-state index is 10.9. The maximum atomic E-state index is 10.9. The summed E-state index contributed by atoms with van der Waals surface area (Å²) in [7, 11) is 0. The van der Waals surface area contributed by atoms with Gasteiger partial charge in [-0.15, -0.1) is 11.6 Å². The van der Waals surface area contributed by atoms with Crippen LogP contribution in [0.15, 0.2) is 12.4 Å². The van der Waals surface area contributed by atoms with Crippen LogP contribution in [0.25, 0.3) is 0 Å². The highest BCUT2D eigenvalue weighted by atomic mass is 35.5. The van der Waals surface area contributed by atoms with Crippen molar-refractivity contribution in [2.75, 3.05) is 25.6 Å². The van der Waals surface area contributed by atoms with Gasteiger partial charge >= 0.3 is 0 Å². The lowest BCUT2D eigenvalue weighted by Gasteiger charge is -2.04. The van der Waals surface area contributed by atoms with Crippen molar-refractivity contribution in [3.8, 4) is 0 Å². The topological polar surface area (TPSA) is 56.2 Å². The molecule has 17 heavy (non-hydrogen) atoms. The molecule has 1 aliphatic heterocycles. The molecule has 0 bridgehead atoms. The van der Waals surface area contributed by atoms with E-state index in [0.29, 0.717) is 19.0 Å². The highest BCUT2D eigenvalue weighted by molar-refractivity contribution is 6.27. The average molecular weight is 258 g/mol. The van der Waals surface area contributed by atoms with Gasteiger partial charge in [-0.25, -0.2) is 0 Å². The minimum Gasteiger partial charge on any atom is -0.381 e. The van der Waals surface area contributed by atoms with Crippen molar-refractivity contribution in [2.24, 2.45) is 0 Å². The Morgan fingerprint density at radius 2 is 2.59 bits per heavy atom. The Morgan fingerprint density at radius 3 is 3.29 bits per heavy atom. The summed E-state index contributed by atoms with van der Waals surface area (Å²) in [5, 5.41) is 6.96. The van der Waals surface area contributed by atoms with Crippen LogP contribution in [0.5, 0.6) is 0 Å². The van der Waals surface area contributed by atoms with Crippen LogP contribution < -0.4 is 5.32 Å². The molecule has 5 nitrogen and oxygen atoms in total. The Morgan fingerprint density at radius 1 is 1.71 bits per heavy atom. The van der Waals surface area contributed by atoms with Crippen LogP contribution in [0.1, 0.15) is 17.9 Å². The first-order valence-corrected chi connectivity index (χ1v) is 6.26. The van der Waals surface area contributed by atoms with Crippen LogP contribution in [0.2, 0.25) is 0 Å². The zero-order valence-electron chi connectivity index (χ0n) is 9.56. The number of nitrogens with one attached hydrogen (secondary N) is 1. The van der Waals surface area contributed by atoms with Crippen molar-refractivity contribution in [1.29, 1.82) is 0 Å². The van der Waals surface area contributed by atoms with Crippen LogP contribution in [0.3, 0.4) is 0 Å². The molecule has 1 aromatic heterocycles. The molecule has 0 aromatic carbocycles. The minimum atomic E-state index is -0.150. The van der Waals surface area contributed by atoms with Gasteiger partial charge in [0.15, 0.2) is 0 Å². The lowest BCUT2D eigenvalue weighted by Crippen LogP contribution is -2.28. The number of hydrogen-bond acceptors (Lipinski definition) is 3. The molecule has 0 saturated carbocycles. The third kappa shape index (κ3) is 3.44. The van der Waals surface area contributed by atoms with Crippen LogP contribution in [-0.2, 0) is 16.1 Å². The van der Waals surface area contributed by atoms with E-state index in [1.165, 1.54) is 5.56 Å². The van der Waals surface area contributed by atoms with E-state index >= 15 is 0 Å². The SMILES string of the molecule is O=C(CCl)NCCn1cc(C2CCOC2)cn1. The van der Waals surface area contributed by atoms with E-state index in [-0.39, 0.29) is 11.8 Å². The fraction of sp³-hybridized carbons (Fsp3) is 0.636. The van der Waals surface area contributed by atoms with Gasteiger partial charge in [-0.1, -0.05) is 0 Å². The van der Waals surface area contributed by atoms with E-state index in [4.69, 9.17) is 16.3 Å². The number of ether oxygens (including phenoxy) is 1. The first-order valence-electron chi connectivity index (χ1n) is 5.72. The van der Waals surface area contributed by atoms with Crippen LogP contribution in [-0.4, -0.2) is 41.3 Å². The third-order valence-electron chi connectivity index (χ3n) is 2.84. The Labute approximate surface area is 105 Å². The summed E-state index contributed by atoms with van der Waals surface area (Å²) >= 11 is 5.38. The largest absolute Gasteiger partial charge is 0.381 e. The predicted octanol–water partition coefficient (Wildman–Crippen LogP) is 0.742. The lowest BCUT2D eigenvalue weighted by atomic mass is 10.0. The van der Waals surface area contributed by atoms with Crippen LogP contribution in [0, 0.1) is 0 Å². The van der Waals surface area contributed by atoms with E-state index < -0.39 is 0 Å². The van der Waals surface area contributed by atoms with Gasteiger partial charge in [0.25, 0.3) is 0 Å². The monoisotopic (exact) mass is 257 g/mol. The summed E-state index contributed by atoms with van der Waals surface area (Å²) in [4.78, 5) is 10.9. The van der Waals surface area contributed by atoms with Gasteiger partial charge in [-0.2, -0.15) is 5.10 Å². The summed E-state index contributed by atoms with van der Waals surface area (Å²) in [6.45, 7) is 2.83. The molecule has 1 saturated heterocycles. The lowest BCUT2D eigenvalue weighted by molar-refractivity contribution is -0.118. The molecule has 1 fully saturated rings. The van der Waals surface area contributed by atoms with Crippen molar-refractivity contribution in [3.63, 3.8) is 0 Å². The summed E-state index contributed by atoms with van der Waals surface area (Å²) in [6.07, 6.45) is 4.96. The van der Waals surface area contributed by atoms with E-state index in [0.717, 1.165) is 19.6 Å². The van der Waals surface area contributed by atoms with Crippen LogP contribution in [0.4, 0.5) is 0 Å². The van der Waals surface area contributed by atoms with Crippen molar-refractivity contribution >= 4 is 17.5 Å².